The summed E-state index contributed by atoms with van der Waals surface area (Å²) in [6.07, 6.45) is 2.31. The molecule has 1 aliphatic rings. The van der Waals surface area contributed by atoms with Crippen molar-refractivity contribution in [1.29, 1.82) is 5.26 Å². The number of aliphatic imine (C=N–C) groups is 1. The van der Waals surface area contributed by atoms with E-state index in [1.165, 1.54) is 23.5 Å². The smallest absolute Gasteiger partial charge is 0.219 e. The third kappa shape index (κ3) is 3.15. The number of fused-ring (bicyclic) bond motifs is 1. The molecule has 0 fully saturated rings. The van der Waals surface area contributed by atoms with E-state index in [9.17, 15) is 14.4 Å². The zero-order valence-corrected chi connectivity index (χ0v) is 13.4. The van der Waals surface area contributed by atoms with E-state index in [-0.39, 0.29) is 11.7 Å². The first-order valence-electron chi connectivity index (χ1n) is 7.18. The number of thiophene rings is 1. The van der Waals surface area contributed by atoms with Crippen molar-refractivity contribution in [3.8, 4) is 6.07 Å². The fraction of sp³-hybridized carbons (Fsp3) is 0.235. The number of amides is 1. The molecule has 0 unspecified atom stereocenters. The highest BCUT2D eigenvalue weighted by Crippen LogP contribution is 2.38. The maximum atomic E-state index is 12.9. The molecule has 0 saturated heterocycles. The fourth-order valence-electron chi connectivity index (χ4n) is 2.55. The summed E-state index contributed by atoms with van der Waals surface area (Å²) in [5.41, 5.74) is 2.36. The van der Waals surface area contributed by atoms with Gasteiger partial charge in [-0.2, -0.15) is 5.26 Å². The SMILES string of the molecule is CC(=O)N1CCc2c(sc(N=Cc3ccc(F)cc3)c2C#N)C1. The lowest BCUT2D eigenvalue weighted by Crippen LogP contribution is -2.33. The van der Waals surface area contributed by atoms with Gasteiger partial charge in [-0.25, -0.2) is 9.38 Å². The maximum Gasteiger partial charge on any atom is 0.219 e. The van der Waals surface area contributed by atoms with Crippen molar-refractivity contribution < 1.29 is 9.18 Å². The summed E-state index contributed by atoms with van der Waals surface area (Å²) >= 11 is 1.44. The average Bonchev–Trinajstić information content (AvgIpc) is 2.90. The standard InChI is InChI=1S/C17H14FN3OS/c1-11(22)21-7-6-14-15(8-19)17(23-16(14)10-21)20-9-12-2-4-13(18)5-3-12/h2-5,9H,6-7,10H2,1H3. The summed E-state index contributed by atoms with van der Waals surface area (Å²) < 4.78 is 12.9. The number of halogens is 1. The van der Waals surface area contributed by atoms with Crippen LogP contribution in [0.5, 0.6) is 0 Å². The Morgan fingerprint density at radius 2 is 2.17 bits per heavy atom. The van der Waals surface area contributed by atoms with Gasteiger partial charge in [0.1, 0.15) is 16.9 Å². The number of nitrogens with zero attached hydrogens (tertiary/aromatic N) is 3. The van der Waals surface area contributed by atoms with Crippen LogP contribution in [-0.4, -0.2) is 23.6 Å². The van der Waals surface area contributed by atoms with Crippen molar-refractivity contribution in [1.82, 2.24) is 4.90 Å². The van der Waals surface area contributed by atoms with Gasteiger partial charge in [0.05, 0.1) is 12.1 Å². The molecule has 4 nitrogen and oxygen atoms in total. The normalized spacial score (nSPS) is 13.9. The first-order chi connectivity index (χ1) is 11.1. The van der Waals surface area contributed by atoms with Crippen molar-refractivity contribution in [3.05, 3.63) is 51.7 Å². The predicted octanol–water partition coefficient (Wildman–Crippen LogP) is 3.41. The molecule has 1 aromatic carbocycles. The van der Waals surface area contributed by atoms with E-state index >= 15 is 0 Å². The van der Waals surface area contributed by atoms with Gasteiger partial charge in [0.25, 0.3) is 0 Å². The first-order valence-corrected chi connectivity index (χ1v) is 8.00. The quantitative estimate of drug-likeness (QED) is 0.794. The summed E-state index contributed by atoms with van der Waals surface area (Å²) in [6, 6.07) is 8.24. The molecule has 0 saturated carbocycles. The summed E-state index contributed by atoms with van der Waals surface area (Å²) in [5, 5.41) is 10.1. The highest BCUT2D eigenvalue weighted by molar-refractivity contribution is 7.16. The van der Waals surface area contributed by atoms with Crippen LogP contribution in [0.2, 0.25) is 0 Å². The number of carbonyl (C=O) groups is 1. The number of rotatable bonds is 2. The lowest BCUT2D eigenvalue weighted by atomic mass is 10.0. The number of hydrogen-bond donors (Lipinski definition) is 0. The second-order valence-corrected chi connectivity index (χ2v) is 6.38. The molecule has 0 aliphatic carbocycles. The summed E-state index contributed by atoms with van der Waals surface area (Å²) in [6.45, 7) is 2.72. The third-order valence-electron chi connectivity index (χ3n) is 3.80. The zero-order chi connectivity index (χ0) is 16.4. The molecule has 6 heteroatoms. The van der Waals surface area contributed by atoms with E-state index in [0.29, 0.717) is 30.1 Å². The van der Waals surface area contributed by atoms with Crippen molar-refractivity contribution in [2.45, 2.75) is 19.9 Å². The van der Waals surface area contributed by atoms with Gasteiger partial charge in [0, 0.05) is 24.6 Å². The van der Waals surface area contributed by atoms with Crippen molar-refractivity contribution in [2.75, 3.05) is 6.54 Å². The van der Waals surface area contributed by atoms with Gasteiger partial charge in [0.2, 0.25) is 5.91 Å². The van der Waals surface area contributed by atoms with Crippen molar-refractivity contribution >= 4 is 28.5 Å². The molecule has 0 bridgehead atoms. The second kappa shape index (κ2) is 6.31. The molecule has 0 atom stereocenters. The predicted molar refractivity (Wildman–Crippen MR) is 87.5 cm³/mol. The Kier molecular flexibility index (Phi) is 4.22. The molecule has 0 radical (unpaired) electrons. The summed E-state index contributed by atoms with van der Waals surface area (Å²) in [5.74, 6) is -0.255. The minimum Gasteiger partial charge on any atom is -0.337 e. The Morgan fingerprint density at radius 1 is 1.43 bits per heavy atom. The van der Waals surface area contributed by atoms with E-state index in [4.69, 9.17) is 0 Å². The van der Waals surface area contributed by atoms with Crippen LogP contribution in [0.1, 0.15) is 28.5 Å². The number of hydrogen-bond acceptors (Lipinski definition) is 4. The van der Waals surface area contributed by atoms with E-state index in [1.54, 1.807) is 30.2 Å². The molecule has 1 aromatic heterocycles. The lowest BCUT2D eigenvalue weighted by Gasteiger charge is -2.25. The molecule has 3 rings (SSSR count). The van der Waals surface area contributed by atoms with Crippen LogP contribution in [0.15, 0.2) is 29.3 Å². The Morgan fingerprint density at radius 3 is 2.83 bits per heavy atom. The average molecular weight is 327 g/mol. The van der Waals surface area contributed by atoms with Crippen molar-refractivity contribution in [2.24, 2.45) is 4.99 Å². The molecular formula is C17H14FN3OS. The monoisotopic (exact) mass is 327 g/mol. The molecule has 2 aromatic rings. The Balaban J connectivity index is 1.90. The molecule has 0 spiro atoms. The molecule has 1 aliphatic heterocycles. The van der Waals surface area contributed by atoms with Gasteiger partial charge in [-0.3, -0.25) is 4.79 Å². The number of nitriles is 1. The number of carbonyl (C=O) groups excluding carboxylic acids is 1. The van der Waals surface area contributed by atoms with Crippen LogP contribution in [0.4, 0.5) is 9.39 Å². The van der Waals surface area contributed by atoms with Gasteiger partial charge in [-0.15, -0.1) is 11.3 Å². The van der Waals surface area contributed by atoms with Gasteiger partial charge in [-0.05, 0) is 29.7 Å². The van der Waals surface area contributed by atoms with Crippen LogP contribution in [0.25, 0.3) is 0 Å². The van der Waals surface area contributed by atoms with Gasteiger partial charge >= 0.3 is 0 Å². The minimum atomic E-state index is -0.296. The van der Waals surface area contributed by atoms with E-state index < -0.39 is 0 Å². The van der Waals surface area contributed by atoms with Crippen molar-refractivity contribution in [3.63, 3.8) is 0 Å². The van der Waals surface area contributed by atoms with Crippen LogP contribution in [0.3, 0.4) is 0 Å². The van der Waals surface area contributed by atoms with Crippen LogP contribution >= 0.6 is 11.3 Å². The Labute approximate surface area is 137 Å². The van der Waals surface area contributed by atoms with E-state index in [1.807, 2.05) is 0 Å². The minimum absolute atomic E-state index is 0.0407. The third-order valence-corrected chi connectivity index (χ3v) is 4.92. The molecule has 1 amide bonds. The zero-order valence-electron chi connectivity index (χ0n) is 12.5. The van der Waals surface area contributed by atoms with Gasteiger partial charge in [-0.1, -0.05) is 12.1 Å². The lowest BCUT2D eigenvalue weighted by molar-refractivity contribution is -0.129. The Hall–Kier alpha value is -2.52. The highest BCUT2D eigenvalue weighted by atomic mass is 32.1. The van der Waals surface area contributed by atoms with E-state index in [2.05, 4.69) is 11.1 Å². The Bertz CT molecular complexity index is 818. The molecule has 23 heavy (non-hydrogen) atoms. The highest BCUT2D eigenvalue weighted by Gasteiger charge is 2.25. The topological polar surface area (TPSA) is 56.5 Å². The van der Waals surface area contributed by atoms with Crippen LogP contribution in [-0.2, 0) is 17.8 Å². The maximum absolute atomic E-state index is 12.9. The molecular weight excluding hydrogens is 313 g/mol. The summed E-state index contributed by atoms with van der Waals surface area (Å²) in [7, 11) is 0. The number of benzene rings is 1. The summed E-state index contributed by atoms with van der Waals surface area (Å²) in [4.78, 5) is 18.7. The second-order valence-electron chi connectivity index (χ2n) is 5.30. The van der Waals surface area contributed by atoms with Crippen LogP contribution in [0, 0.1) is 17.1 Å². The fourth-order valence-corrected chi connectivity index (χ4v) is 3.70. The molecule has 0 N–H and O–H groups in total. The largest absolute Gasteiger partial charge is 0.337 e. The van der Waals surface area contributed by atoms with Crippen LogP contribution < -0.4 is 0 Å². The first kappa shape index (κ1) is 15.4. The van der Waals surface area contributed by atoms with Gasteiger partial charge < -0.3 is 4.90 Å². The van der Waals surface area contributed by atoms with E-state index in [0.717, 1.165) is 16.0 Å². The molecule has 2 heterocycles. The molecule has 116 valence electrons. The van der Waals surface area contributed by atoms with Gasteiger partial charge in [0.15, 0.2) is 0 Å².